The number of carbonyl (C=O) groups excluding carboxylic acids is 1. The summed E-state index contributed by atoms with van der Waals surface area (Å²) < 4.78 is 1.15. The first-order chi connectivity index (χ1) is 13.5. The van der Waals surface area contributed by atoms with Crippen molar-refractivity contribution in [1.29, 1.82) is 0 Å². The van der Waals surface area contributed by atoms with Crippen LogP contribution in [-0.4, -0.2) is 52.0 Å². The van der Waals surface area contributed by atoms with Gasteiger partial charge >= 0.3 is 0 Å². The second kappa shape index (κ2) is 7.42. The van der Waals surface area contributed by atoms with E-state index in [4.69, 9.17) is 0 Å². The molecule has 1 aromatic heterocycles. The van der Waals surface area contributed by atoms with Gasteiger partial charge in [-0.05, 0) is 43.2 Å². The molecule has 144 valence electrons. The molecule has 1 amide bonds. The van der Waals surface area contributed by atoms with Crippen LogP contribution in [0.5, 0.6) is 0 Å². The van der Waals surface area contributed by atoms with Gasteiger partial charge in [0.2, 0.25) is 5.91 Å². The minimum atomic E-state index is -0.284. The first-order valence-corrected chi connectivity index (χ1v) is 9.46. The molecule has 1 aliphatic rings. The van der Waals surface area contributed by atoms with Gasteiger partial charge in [-0.25, -0.2) is 4.68 Å². The highest BCUT2D eigenvalue weighted by atomic mass is 16.2. The molecule has 0 radical (unpaired) electrons. The third kappa shape index (κ3) is 3.35. The molecule has 0 atom stereocenters. The summed E-state index contributed by atoms with van der Waals surface area (Å²) in [5.41, 5.74) is 4.03. The van der Waals surface area contributed by atoms with Gasteiger partial charge in [0, 0.05) is 31.9 Å². The molecule has 0 aliphatic carbocycles. The highest BCUT2D eigenvalue weighted by Crippen LogP contribution is 2.23. The van der Waals surface area contributed by atoms with E-state index in [1.807, 2.05) is 0 Å². The van der Waals surface area contributed by atoms with Gasteiger partial charge in [-0.1, -0.05) is 29.5 Å². The third-order valence-corrected chi connectivity index (χ3v) is 5.46. The number of aromatic nitrogens is 3. The normalized spacial score (nSPS) is 14.5. The Morgan fingerprint density at radius 3 is 2.54 bits per heavy atom. The van der Waals surface area contributed by atoms with Crippen molar-refractivity contribution in [2.24, 2.45) is 0 Å². The first-order valence-electron chi connectivity index (χ1n) is 9.46. The van der Waals surface area contributed by atoms with Crippen LogP contribution in [0.25, 0.3) is 10.9 Å². The van der Waals surface area contributed by atoms with Crippen molar-refractivity contribution >= 4 is 22.5 Å². The van der Waals surface area contributed by atoms with E-state index < -0.39 is 0 Å². The quantitative estimate of drug-likeness (QED) is 0.696. The first kappa shape index (κ1) is 18.2. The molecule has 3 aromatic rings. The van der Waals surface area contributed by atoms with Crippen molar-refractivity contribution < 1.29 is 4.79 Å². The fraction of sp³-hybridized carbons (Fsp3) is 0.333. The van der Waals surface area contributed by atoms with E-state index >= 15 is 0 Å². The number of hydrogen-bond acceptors (Lipinski definition) is 5. The highest BCUT2D eigenvalue weighted by Gasteiger charge is 2.23. The predicted octanol–water partition coefficient (Wildman–Crippen LogP) is 1.76. The van der Waals surface area contributed by atoms with Crippen molar-refractivity contribution in [3.05, 3.63) is 63.9 Å². The molecular weight excluding hydrogens is 354 g/mol. The van der Waals surface area contributed by atoms with E-state index in [1.54, 1.807) is 29.2 Å². The summed E-state index contributed by atoms with van der Waals surface area (Å²) in [6.45, 7) is 6.96. The SMILES string of the molecule is Cc1cccc(N2CCN(C(=O)Cn3nnc4ccccc4c3=O)CC2)c1C. The zero-order valence-corrected chi connectivity index (χ0v) is 16.1. The third-order valence-electron chi connectivity index (χ3n) is 5.46. The van der Waals surface area contributed by atoms with Crippen LogP contribution in [0, 0.1) is 13.8 Å². The number of anilines is 1. The van der Waals surface area contributed by atoms with Crippen LogP contribution in [0.3, 0.4) is 0 Å². The zero-order valence-electron chi connectivity index (χ0n) is 16.1. The number of carbonyl (C=O) groups is 1. The Morgan fingerprint density at radius 1 is 1.00 bits per heavy atom. The van der Waals surface area contributed by atoms with E-state index in [1.165, 1.54) is 16.8 Å². The number of hydrogen-bond donors (Lipinski definition) is 0. The fourth-order valence-electron chi connectivity index (χ4n) is 3.63. The Hall–Kier alpha value is -3.22. The lowest BCUT2D eigenvalue weighted by Crippen LogP contribution is -2.50. The van der Waals surface area contributed by atoms with E-state index in [9.17, 15) is 9.59 Å². The Kier molecular flexibility index (Phi) is 4.81. The smallest absolute Gasteiger partial charge is 0.278 e. The van der Waals surface area contributed by atoms with Gasteiger partial charge in [-0.3, -0.25) is 9.59 Å². The monoisotopic (exact) mass is 377 g/mol. The lowest BCUT2D eigenvalue weighted by Gasteiger charge is -2.37. The lowest BCUT2D eigenvalue weighted by atomic mass is 10.1. The molecule has 0 unspecified atom stereocenters. The standard InChI is InChI=1S/C21H23N5O2/c1-15-6-5-9-19(16(15)2)24-10-12-25(13-11-24)20(27)14-26-21(28)17-7-3-4-8-18(17)22-23-26/h3-9H,10-14H2,1-2H3. The predicted molar refractivity (Wildman–Crippen MR) is 109 cm³/mol. The maximum atomic E-state index is 12.7. The van der Waals surface area contributed by atoms with Crippen LogP contribution < -0.4 is 10.5 Å². The summed E-state index contributed by atoms with van der Waals surface area (Å²) in [5.74, 6) is -0.104. The van der Waals surface area contributed by atoms with Crippen LogP contribution in [0.15, 0.2) is 47.3 Å². The van der Waals surface area contributed by atoms with E-state index in [0.29, 0.717) is 24.0 Å². The maximum absolute atomic E-state index is 12.7. The average Bonchev–Trinajstić information content (AvgIpc) is 2.72. The van der Waals surface area contributed by atoms with Crippen LogP contribution >= 0.6 is 0 Å². The number of nitrogens with zero attached hydrogens (tertiary/aromatic N) is 5. The van der Waals surface area contributed by atoms with Gasteiger partial charge in [0.1, 0.15) is 12.1 Å². The van der Waals surface area contributed by atoms with E-state index in [-0.39, 0.29) is 18.0 Å². The molecule has 7 nitrogen and oxygen atoms in total. The molecule has 1 aliphatic heterocycles. The fourth-order valence-corrected chi connectivity index (χ4v) is 3.63. The lowest BCUT2D eigenvalue weighted by molar-refractivity contribution is -0.132. The van der Waals surface area contributed by atoms with Crippen LogP contribution in [0.4, 0.5) is 5.69 Å². The number of aryl methyl sites for hydroxylation is 1. The van der Waals surface area contributed by atoms with Gasteiger partial charge in [-0.15, -0.1) is 5.10 Å². The summed E-state index contributed by atoms with van der Waals surface area (Å²) in [6.07, 6.45) is 0. The highest BCUT2D eigenvalue weighted by molar-refractivity contribution is 5.78. The topological polar surface area (TPSA) is 71.3 Å². The van der Waals surface area contributed by atoms with Crippen molar-refractivity contribution in [3.63, 3.8) is 0 Å². The maximum Gasteiger partial charge on any atom is 0.278 e. The number of amides is 1. The van der Waals surface area contributed by atoms with Crippen molar-refractivity contribution in [1.82, 2.24) is 19.9 Å². The molecule has 0 bridgehead atoms. The van der Waals surface area contributed by atoms with Gasteiger partial charge < -0.3 is 9.80 Å². The van der Waals surface area contributed by atoms with E-state index in [0.717, 1.165) is 17.8 Å². The molecule has 1 fully saturated rings. The van der Waals surface area contributed by atoms with Gasteiger partial charge in [0.15, 0.2) is 0 Å². The summed E-state index contributed by atoms with van der Waals surface area (Å²) in [7, 11) is 0. The van der Waals surface area contributed by atoms with Gasteiger partial charge in [0.05, 0.1) is 5.39 Å². The van der Waals surface area contributed by atoms with Gasteiger partial charge in [0.25, 0.3) is 5.56 Å². The van der Waals surface area contributed by atoms with Crippen molar-refractivity contribution in [3.8, 4) is 0 Å². The van der Waals surface area contributed by atoms with E-state index in [2.05, 4.69) is 47.3 Å². The van der Waals surface area contributed by atoms with Crippen LogP contribution in [-0.2, 0) is 11.3 Å². The second-order valence-corrected chi connectivity index (χ2v) is 7.16. The van der Waals surface area contributed by atoms with Crippen molar-refractivity contribution in [2.45, 2.75) is 20.4 Å². The van der Waals surface area contributed by atoms with Crippen molar-refractivity contribution in [2.75, 3.05) is 31.1 Å². The number of piperazine rings is 1. The minimum absolute atomic E-state index is 0.0832. The molecule has 1 saturated heterocycles. The Bertz CT molecular complexity index is 1080. The molecule has 4 rings (SSSR count). The Morgan fingerprint density at radius 2 is 1.75 bits per heavy atom. The van der Waals surface area contributed by atoms with Gasteiger partial charge in [-0.2, -0.15) is 0 Å². The van der Waals surface area contributed by atoms with Crippen LogP contribution in [0.1, 0.15) is 11.1 Å². The second-order valence-electron chi connectivity index (χ2n) is 7.16. The minimum Gasteiger partial charge on any atom is -0.368 e. The Labute approximate surface area is 163 Å². The average molecular weight is 377 g/mol. The molecule has 2 aromatic carbocycles. The molecule has 0 saturated carbocycles. The molecule has 28 heavy (non-hydrogen) atoms. The molecule has 2 heterocycles. The molecule has 0 spiro atoms. The zero-order chi connectivity index (χ0) is 19.7. The summed E-state index contributed by atoms with van der Waals surface area (Å²) in [6, 6.07) is 13.3. The number of benzene rings is 2. The molecule has 7 heteroatoms. The molecular formula is C21H23N5O2. The summed E-state index contributed by atoms with van der Waals surface area (Å²) in [5, 5.41) is 8.44. The summed E-state index contributed by atoms with van der Waals surface area (Å²) in [4.78, 5) is 29.3. The number of rotatable bonds is 3. The molecule has 0 N–H and O–H groups in total. The van der Waals surface area contributed by atoms with Crippen LogP contribution in [0.2, 0.25) is 0 Å². The summed E-state index contributed by atoms with van der Waals surface area (Å²) >= 11 is 0. The number of fused-ring (bicyclic) bond motifs is 1. The Balaban J connectivity index is 1.44. The largest absolute Gasteiger partial charge is 0.368 e.